The van der Waals surface area contributed by atoms with Crippen molar-refractivity contribution in [2.45, 2.75) is 19.4 Å². The highest BCUT2D eigenvalue weighted by Crippen LogP contribution is 2.13. The molecule has 0 atom stereocenters. The third-order valence-corrected chi connectivity index (χ3v) is 4.21. The molecule has 0 aliphatic heterocycles. The van der Waals surface area contributed by atoms with E-state index >= 15 is 0 Å². The van der Waals surface area contributed by atoms with Gasteiger partial charge in [-0.15, -0.1) is 0 Å². The number of carbonyl (C=O) groups is 1. The second-order valence-corrected chi connectivity index (χ2v) is 6.46. The Bertz CT molecular complexity index is 1120. The molecule has 0 spiro atoms. The molecule has 0 saturated heterocycles. The van der Waals surface area contributed by atoms with Crippen LogP contribution < -0.4 is 10.3 Å². The summed E-state index contributed by atoms with van der Waals surface area (Å²) < 4.78 is 6.74. The van der Waals surface area contributed by atoms with Gasteiger partial charge in [0.15, 0.2) is 0 Å². The number of hydrogen-bond acceptors (Lipinski definition) is 6. The number of nitrogens with zero attached hydrogens (tertiary/aromatic N) is 3. The van der Waals surface area contributed by atoms with Gasteiger partial charge in [0.05, 0.1) is 12.6 Å². The zero-order chi connectivity index (χ0) is 20.6. The Morgan fingerprint density at radius 1 is 1.21 bits per heavy atom. The Morgan fingerprint density at radius 3 is 2.62 bits per heavy atom. The largest absolute Gasteiger partial charge is 0.489 e. The Labute approximate surface area is 171 Å². The fourth-order valence-electron chi connectivity index (χ4n) is 2.43. The van der Waals surface area contributed by atoms with Crippen molar-refractivity contribution < 1.29 is 14.6 Å². The van der Waals surface area contributed by atoms with Crippen molar-refractivity contribution in [3.8, 4) is 5.75 Å². The maximum atomic E-state index is 12.4. The van der Waals surface area contributed by atoms with Crippen molar-refractivity contribution in [3.63, 3.8) is 0 Å². The summed E-state index contributed by atoms with van der Waals surface area (Å²) in [5, 5.41) is 19.2. The van der Waals surface area contributed by atoms with E-state index in [1.807, 2.05) is 30.3 Å². The van der Waals surface area contributed by atoms with E-state index in [1.54, 1.807) is 24.3 Å². The van der Waals surface area contributed by atoms with Gasteiger partial charge in [-0.3, -0.25) is 14.7 Å². The van der Waals surface area contributed by atoms with Crippen molar-refractivity contribution in [3.05, 3.63) is 86.5 Å². The van der Waals surface area contributed by atoms with Gasteiger partial charge in [-0.2, -0.15) is 14.9 Å². The lowest BCUT2D eigenvalue weighted by Gasteiger charge is -2.06. The molecule has 0 aliphatic rings. The average molecular weight is 410 g/mol. The second kappa shape index (κ2) is 9.56. The summed E-state index contributed by atoms with van der Waals surface area (Å²) in [5.74, 6) is -0.307. The number of carboxylic acids is 1. The van der Waals surface area contributed by atoms with Gasteiger partial charge in [0.2, 0.25) is 4.77 Å². The van der Waals surface area contributed by atoms with Gasteiger partial charge in [0.25, 0.3) is 5.56 Å². The van der Waals surface area contributed by atoms with Crippen LogP contribution in [0.5, 0.6) is 5.75 Å². The van der Waals surface area contributed by atoms with Crippen LogP contribution in [0.1, 0.15) is 23.2 Å². The number of aromatic nitrogens is 3. The first-order valence-electron chi connectivity index (χ1n) is 8.76. The third-order valence-electron chi connectivity index (χ3n) is 3.94. The second-order valence-electron chi connectivity index (χ2n) is 6.07. The van der Waals surface area contributed by atoms with E-state index < -0.39 is 11.5 Å². The molecule has 0 saturated carbocycles. The number of nitrogens with one attached hydrogen (secondary N) is 1. The van der Waals surface area contributed by atoms with Crippen molar-refractivity contribution in [1.82, 2.24) is 14.9 Å². The number of rotatable bonds is 8. The van der Waals surface area contributed by atoms with Crippen molar-refractivity contribution in [2.75, 3.05) is 0 Å². The lowest BCUT2D eigenvalue weighted by atomic mass is 10.2. The molecule has 0 bridgehead atoms. The molecule has 9 heteroatoms. The normalized spacial score (nSPS) is 10.9. The molecule has 2 N–H and O–H groups in total. The molecule has 1 heterocycles. The number of benzene rings is 2. The molecule has 0 fully saturated rings. The van der Waals surface area contributed by atoms with Crippen LogP contribution >= 0.6 is 12.2 Å². The van der Waals surface area contributed by atoms with Gasteiger partial charge in [0, 0.05) is 6.42 Å². The summed E-state index contributed by atoms with van der Waals surface area (Å²) >= 11 is 5.05. The van der Waals surface area contributed by atoms with Crippen molar-refractivity contribution in [1.29, 1.82) is 0 Å². The van der Waals surface area contributed by atoms with E-state index in [4.69, 9.17) is 22.1 Å². The summed E-state index contributed by atoms with van der Waals surface area (Å²) in [6.07, 6.45) is 1.26. The zero-order valence-electron chi connectivity index (χ0n) is 15.3. The summed E-state index contributed by atoms with van der Waals surface area (Å²) in [5.41, 5.74) is 1.32. The lowest BCUT2D eigenvalue weighted by molar-refractivity contribution is -0.136. The molecule has 0 amide bonds. The van der Waals surface area contributed by atoms with Crippen LogP contribution in [0.4, 0.5) is 0 Å². The Kier molecular flexibility index (Phi) is 6.64. The number of aliphatic carboxylic acids is 1. The Balaban J connectivity index is 1.69. The van der Waals surface area contributed by atoms with Gasteiger partial charge in [-0.1, -0.05) is 30.3 Å². The molecule has 0 unspecified atom stereocenters. The molecular weight excluding hydrogens is 392 g/mol. The maximum absolute atomic E-state index is 12.4. The van der Waals surface area contributed by atoms with Crippen LogP contribution in [0.3, 0.4) is 0 Å². The lowest BCUT2D eigenvalue weighted by Crippen LogP contribution is -2.25. The molecule has 29 heavy (non-hydrogen) atoms. The summed E-state index contributed by atoms with van der Waals surface area (Å²) in [6, 6.07) is 17.0. The fourth-order valence-corrected chi connectivity index (χ4v) is 2.61. The molecular formula is C20H18N4O4S. The van der Waals surface area contributed by atoms with Gasteiger partial charge < -0.3 is 9.84 Å². The number of aromatic amines is 1. The summed E-state index contributed by atoms with van der Waals surface area (Å²) in [6.45, 7) is 0.467. The first kappa shape index (κ1) is 20.2. The molecule has 2 aromatic carbocycles. The smallest absolute Gasteiger partial charge is 0.303 e. The Morgan fingerprint density at radius 2 is 1.93 bits per heavy atom. The minimum Gasteiger partial charge on any atom is -0.489 e. The highest BCUT2D eigenvalue weighted by Gasteiger charge is 2.09. The van der Waals surface area contributed by atoms with Crippen molar-refractivity contribution in [2.24, 2.45) is 5.10 Å². The van der Waals surface area contributed by atoms with Gasteiger partial charge in [-0.25, -0.2) is 0 Å². The van der Waals surface area contributed by atoms with Crippen LogP contribution in [0, 0.1) is 4.77 Å². The minimum atomic E-state index is -1.02. The molecule has 148 valence electrons. The highest BCUT2D eigenvalue weighted by molar-refractivity contribution is 7.71. The van der Waals surface area contributed by atoms with Crippen LogP contribution in [-0.4, -0.2) is 32.2 Å². The quantitative estimate of drug-likeness (QED) is 0.437. The van der Waals surface area contributed by atoms with E-state index in [-0.39, 0.29) is 23.3 Å². The fraction of sp³-hybridized carbons (Fsp3) is 0.150. The Hall–Kier alpha value is -3.59. The zero-order valence-corrected chi connectivity index (χ0v) is 16.1. The summed E-state index contributed by atoms with van der Waals surface area (Å²) in [7, 11) is 0. The van der Waals surface area contributed by atoms with E-state index in [0.29, 0.717) is 12.4 Å². The molecule has 0 radical (unpaired) electrons. The number of hydrogen-bond donors (Lipinski definition) is 2. The molecule has 3 aromatic rings. The van der Waals surface area contributed by atoms with Crippen molar-refractivity contribution >= 4 is 24.4 Å². The standard InChI is InChI=1S/C20H18N4O4S/c25-18(26)11-10-17-19(27)24(20(29)23-22-17)21-12-14-6-8-16(9-7-14)28-13-15-4-2-1-3-5-15/h1-9,12H,10-11,13H2,(H,23,29)(H,25,26)/b21-12-. The van der Waals surface area contributed by atoms with E-state index in [0.717, 1.165) is 15.8 Å². The molecule has 3 rings (SSSR count). The van der Waals surface area contributed by atoms with Crippen LogP contribution in [0.25, 0.3) is 0 Å². The van der Waals surface area contributed by atoms with Gasteiger partial charge in [0.1, 0.15) is 18.1 Å². The van der Waals surface area contributed by atoms with E-state index in [2.05, 4.69) is 15.3 Å². The monoisotopic (exact) mass is 410 g/mol. The molecule has 1 aromatic heterocycles. The SMILES string of the molecule is O=C(O)CCc1n[nH]c(=S)n(/N=C\c2ccc(OCc3ccccc3)cc2)c1=O. The minimum absolute atomic E-state index is 0.0107. The first-order chi connectivity index (χ1) is 14.0. The maximum Gasteiger partial charge on any atom is 0.303 e. The average Bonchev–Trinajstić information content (AvgIpc) is 2.73. The number of aryl methyl sites for hydroxylation is 1. The molecule has 8 nitrogen and oxygen atoms in total. The number of carboxylic acid groups (broad SMARTS) is 1. The van der Waals surface area contributed by atoms with Crippen LogP contribution in [-0.2, 0) is 17.8 Å². The topological polar surface area (TPSA) is 110 Å². The van der Waals surface area contributed by atoms with E-state index in [9.17, 15) is 9.59 Å². The van der Waals surface area contributed by atoms with Gasteiger partial charge in [-0.05, 0) is 47.6 Å². The molecule has 0 aliphatic carbocycles. The predicted octanol–water partition coefficient (Wildman–Crippen LogP) is 2.78. The first-order valence-corrected chi connectivity index (χ1v) is 9.17. The highest BCUT2D eigenvalue weighted by atomic mass is 32.1. The number of H-pyrrole nitrogens is 1. The third kappa shape index (κ3) is 5.69. The van der Waals surface area contributed by atoms with Gasteiger partial charge >= 0.3 is 5.97 Å². The predicted molar refractivity (Wildman–Crippen MR) is 110 cm³/mol. The van der Waals surface area contributed by atoms with E-state index in [1.165, 1.54) is 6.21 Å². The van der Waals surface area contributed by atoms with Crippen LogP contribution in [0.15, 0.2) is 64.5 Å². The number of ether oxygens (including phenoxy) is 1. The summed E-state index contributed by atoms with van der Waals surface area (Å²) in [4.78, 5) is 23.1. The van der Waals surface area contributed by atoms with Crippen LogP contribution in [0.2, 0.25) is 0 Å².